The third kappa shape index (κ3) is 3.32. The van der Waals surface area contributed by atoms with Crippen LogP contribution in [0.1, 0.15) is 19.8 Å². The van der Waals surface area contributed by atoms with Gasteiger partial charge in [-0.1, -0.05) is 0 Å². The van der Waals surface area contributed by atoms with Gasteiger partial charge in [0.25, 0.3) is 0 Å². The molecule has 4 nitrogen and oxygen atoms in total. The fraction of sp³-hybridized carbons (Fsp3) is 0.889. The SMILES string of the molecule is CNC(C)C(O)C(=O)NCC1CC1. The molecule has 0 aromatic rings. The number of carbonyl (C=O) groups is 1. The van der Waals surface area contributed by atoms with Crippen LogP contribution in [0.2, 0.25) is 0 Å². The van der Waals surface area contributed by atoms with E-state index in [0.717, 1.165) is 0 Å². The summed E-state index contributed by atoms with van der Waals surface area (Å²) in [5.74, 6) is 0.384. The highest BCUT2D eigenvalue weighted by Gasteiger charge is 2.25. The van der Waals surface area contributed by atoms with Gasteiger partial charge in [-0.15, -0.1) is 0 Å². The Morgan fingerprint density at radius 3 is 2.69 bits per heavy atom. The van der Waals surface area contributed by atoms with Crippen LogP contribution in [0, 0.1) is 5.92 Å². The summed E-state index contributed by atoms with van der Waals surface area (Å²) in [7, 11) is 1.72. The van der Waals surface area contributed by atoms with Crippen LogP contribution in [0.3, 0.4) is 0 Å². The summed E-state index contributed by atoms with van der Waals surface area (Å²) in [4.78, 5) is 11.3. The third-order valence-electron chi connectivity index (χ3n) is 2.46. The number of carbonyl (C=O) groups excluding carboxylic acids is 1. The molecule has 1 fully saturated rings. The van der Waals surface area contributed by atoms with Gasteiger partial charge in [0.15, 0.2) is 0 Å². The summed E-state index contributed by atoms with van der Waals surface area (Å²) in [6, 6.07) is -0.195. The average molecular weight is 186 g/mol. The maximum Gasteiger partial charge on any atom is 0.250 e. The second-order valence-corrected chi connectivity index (χ2v) is 3.71. The van der Waals surface area contributed by atoms with Crippen molar-refractivity contribution >= 4 is 5.91 Å². The minimum absolute atomic E-state index is 0.195. The van der Waals surface area contributed by atoms with Crippen LogP contribution >= 0.6 is 0 Å². The highest BCUT2D eigenvalue weighted by Crippen LogP contribution is 2.27. The molecule has 1 aliphatic rings. The number of nitrogens with one attached hydrogen (secondary N) is 2. The van der Waals surface area contributed by atoms with E-state index in [9.17, 15) is 9.90 Å². The minimum atomic E-state index is -0.941. The largest absolute Gasteiger partial charge is 0.382 e. The summed E-state index contributed by atoms with van der Waals surface area (Å²) in [5, 5.41) is 15.0. The second kappa shape index (κ2) is 4.58. The van der Waals surface area contributed by atoms with E-state index < -0.39 is 6.10 Å². The molecule has 0 aromatic carbocycles. The molecule has 0 aromatic heterocycles. The van der Waals surface area contributed by atoms with E-state index in [1.165, 1.54) is 12.8 Å². The van der Waals surface area contributed by atoms with E-state index in [4.69, 9.17) is 0 Å². The molecule has 13 heavy (non-hydrogen) atoms. The number of aliphatic hydroxyl groups excluding tert-OH is 1. The Kier molecular flexibility index (Phi) is 3.69. The first kappa shape index (κ1) is 10.5. The van der Waals surface area contributed by atoms with Crippen molar-refractivity contribution in [1.29, 1.82) is 0 Å². The summed E-state index contributed by atoms with van der Waals surface area (Å²) in [6.45, 7) is 2.49. The monoisotopic (exact) mass is 186 g/mol. The summed E-state index contributed by atoms with van der Waals surface area (Å²) in [6.07, 6.45) is 1.47. The Morgan fingerprint density at radius 2 is 2.23 bits per heavy atom. The van der Waals surface area contributed by atoms with Gasteiger partial charge in [0.05, 0.1) is 0 Å². The van der Waals surface area contributed by atoms with Crippen LogP contribution in [0.15, 0.2) is 0 Å². The predicted octanol–water partition coefficient (Wildman–Crippen LogP) is -0.519. The van der Waals surface area contributed by atoms with E-state index in [0.29, 0.717) is 12.5 Å². The minimum Gasteiger partial charge on any atom is -0.382 e. The molecule has 76 valence electrons. The lowest BCUT2D eigenvalue weighted by Crippen LogP contribution is -2.46. The van der Waals surface area contributed by atoms with Crippen molar-refractivity contribution in [3.8, 4) is 0 Å². The van der Waals surface area contributed by atoms with Crippen molar-refractivity contribution < 1.29 is 9.90 Å². The molecule has 2 unspecified atom stereocenters. The zero-order chi connectivity index (χ0) is 9.84. The van der Waals surface area contributed by atoms with Gasteiger partial charge in [-0.05, 0) is 32.7 Å². The second-order valence-electron chi connectivity index (χ2n) is 3.71. The normalized spacial score (nSPS) is 20.8. The number of amides is 1. The van der Waals surface area contributed by atoms with Gasteiger partial charge in [-0.3, -0.25) is 4.79 Å². The van der Waals surface area contributed by atoms with Crippen molar-refractivity contribution in [3.05, 3.63) is 0 Å². The standard InChI is InChI=1S/C9H18N2O2/c1-6(10-2)8(12)9(13)11-5-7-3-4-7/h6-8,10,12H,3-5H2,1-2H3,(H,11,13). The Hall–Kier alpha value is -0.610. The molecule has 1 rings (SSSR count). The van der Waals surface area contributed by atoms with Crippen LogP contribution < -0.4 is 10.6 Å². The molecule has 0 aliphatic heterocycles. The molecule has 4 heteroatoms. The van der Waals surface area contributed by atoms with E-state index in [1.54, 1.807) is 14.0 Å². The van der Waals surface area contributed by atoms with Crippen LogP contribution in [0.5, 0.6) is 0 Å². The fourth-order valence-electron chi connectivity index (χ4n) is 1.06. The lowest BCUT2D eigenvalue weighted by molar-refractivity contribution is -0.130. The zero-order valence-corrected chi connectivity index (χ0v) is 8.21. The maximum absolute atomic E-state index is 11.3. The quantitative estimate of drug-likeness (QED) is 0.541. The smallest absolute Gasteiger partial charge is 0.250 e. The van der Waals surface area contributed by atoms with Crippen LogP contribution in [0.4, 0.5) is 0 Å². The first-order valence-electron chi connectivity index (χ1n) is 4.78. The van der Waals surface area contributed by atoms with Gasteiger partial charge in [-0.25, -0.2) is 0 Å². The van der Waals surface area contributed by atoms with Crippen molar-refractivity contribution in [2.75, 3.05) is 13.6 Å². The average Bonchev–Trinajstić information content (AvgIpc) is 2.95. The fourth-order valence-corrected chi connectivity index (χ4v) is 1.06. The molecular weight excluding hydrogens is 168 g/mol. The van der Waals surface area contributed by atoms with E-state index in [2.05, 4.69) is 10.6 Å². The van der Waals surface area contributed by atoms with Crippen molar-refractivity contribution in [1.82, 2.24) is 10.6 Å². The first-order valence-corrected chi connectivity index (χ1v) is 4.78. The van der Waals surface area contributed by atoms with Crippen LogP contribution in [-0.4, -0.2) is 36.8 Å². The van der Waals surface area contributed by atoms with Crippen molar-refractivity contribution in [3.63, 3.8) is 0 Å². The van der Waals surface area contributed by atoms with E-state index >= 15 is 0 Å². The van der Waals surface area contributed by atoms with Gasteiger partial charge in [-0.2, -0.15) is 0 Å². The van der Waals surface area contributed by atoms with Crippen molar-refractivity contribution in [2.45, 2.75) is 31.9 Å². The number of hydrogen-bond acceptors (Lipinski definition) is 3. The Morgan fingerprint density at radius 1 is 1.62 bits per heavy atom. The molecule has 1 saturated carbocycles. The Labute approximate surface area is 78.7 Å². The van der Waals surface area contributed by atoms with E-state index in [-0.39, 0.29) is 11.9 Å². The number of likely N-dealkylation sites (N-methyl/N-ethyl adjacent to an activating group) is 1. The van der Waals surface area contributed by atoms with Crippen LogP contribution in [-0.2, 0) is 4.79 Å². The van der Waals surface area contributed by atoms with E-state index in [1.807, 2.05) is 0 Å². The third-order valence-corrected chi connectivity index (χ3v) is 2.46. The molecule has 2 atom stereocenters. The van der Waals surface area contributed by atoms with Gasteiger partial charge in [0.1, 0.15) is 6.10 Å². The lowest BCUT2D eigenvalue weighted by Gasteiger charge is -2.17. The topological polar surface area (TPSA) is 61.4 Å². The summed E-state index contributed by atoms with van der Waals surface area (Å²) >= 11 is 0. The molecule has 3 N–H and O–H groups in total. The first-order chi connectivity index (χ1) is 6.15. The van der Waals surface area contributed by atoms with Crippen LogP contribution in [0.25, 0.3) is 0 Å². The summed E-state index contributed by atoms with van der Waals surface area (Å²) in [5.41, 5.74) is 0. The van der Waals surface area contributed by atoms with Gasteiger partial charge in [0, 0.05) is 12.6 Å². The van der Waals surface area contributed by atoms with Crippen molar-refractivity contribution in [2.24, 2.45) is 5.92 Å². The predicted molar refractivity (Wildman–Crippen MR) is 50.3 cm³/mol. The zero-order valence-electron chi connectivity index (χ0n) is 8.21. The number of hydrogen-bond donors (Lipinski definition) is 3. The van der Waals surface area contributed by atoms with Gasteiger partial charge >= 0.3 is 0 Å². The van der Waals surface area contributed by atoms with Gasteiger partial charge in [0.2, 0.25) is 5.91 Å². The molecule has 0 radical (unpaired) electrons. The molecular formula is C9H18N2O2. The molecule has 1 aliphatic carbocycles. The number of aliphatic hydroxyl groups is 1. The number of rotatable bonds is 5. The summed E-state index contributed by atoms with van der Waals surface area (Å²) < 4.78 is 0. The lowest BCUT2D eigenvalue weighted by atomic mass is 10.2. The molecule has 0 spiro atoms. The molecule has 0 heterocycles. The molecule has 0 bridgehead atoms. The Balaban J connectivity index is 2.19. The highest BCUT2D eigenvalue weighted by molar-refractivity contribution is 5.81. The molecule has 0 saturated heterocycles. The van der Waals surface area contributed by atoms with Gasteiger partial charge < -0.3 is 15.7 Å². The molecule has 1 amide bonds. The maximum atomic E-state index is 11.3. The Bertz CT molecular complexity index is 180. The highest BCUT2D eigenvalue weighted by atomic mass is 16.3.